The first-order chi connectivity index (χ1) is 12.4. The van der Waals surface area contributed by atoms with Gasteiger partial charge >= 0.3 is 0 Å². The topological polar surface area (TPSA) is 62.1 Å². The fourth-order valence-electron chi connectivity index (χ4n) is 1.99. The third kappa shape index (κ3) is 5.18. The second-order valence-corrected chi connectivity index (χ2v) is 6.21. The van der Waals surface area contributed by atoms with E-state index in [2.05, 4.69) is 11.2 Å². The molecule has 0 atom stereocenters. The Labute approximate surface area is 165 Å². The number of carbonyl (C=O) groups is 1. The number of halogens is 3. The molecule has 7 heteroatoms. The lowest BCUT2D eigenvalue weighted by molar-refractivity contribution is -0.112. The van der Waals surface area contributed by atoms with E-state index in [1.54, 1.807) is 24.3 Å². The lowest BCUT2D eigenvalue weighted by atomic mass is 10.1. The smallest absolute Gasteiger partial charge is 0.266 e. The van der Waals surface area contributed by atoms with Crippen molar-refractivity contribution in [1.29, 1.82) is 5.26 Å². The maximum atomic E-state index is 12.4. The average molecular weight is 406 g/mol. The number of carbonyl (C=O) groups excluding carboxylic acids is 1. The number of nitriles is 1. The highest BCUT2D eigenvalue weighted by molar-refractivity contribution is 6.36. The molecule has 0 aliphatic heterocycles. The third-order valence-corrected chi connectivity index (χ3v) is 3.85. The normalized spacial score (nSPS) is 10.6. The number of ether oxygens (including phenoxy) is 1. The van der Waals surface area contributed by atoms with E-state index in [1.165, 1.54) is 18.2 Å². The molecule has 0 aromatic heterocycles. The van der Waals surface area contributed by atoms with Crippen LogP contribution in [0.25, 0.3) is 6.08 Å². The lowest BCUT2D eigenvalue weighted by Gasteiger charge is -2.10. The molecule has 0 bridgehead atoms. The molecule has 130 valence electrons. The van der Waals surface area contributed by atoms with Gasteiger partial charge in [0.2, 0.25) is 0 Å². The first-order valence-corrected chi connectivity index (χ1v) is 8.32. The third-order valence-electron chi connectivity index (χ3n) is 3.10. The molecule has 0 unspecified atom stereocenters. The van der Waals surface area contributed by atoms with Gasteiger partial charge in [0.15, 0.2) is 0 Å². The Morgan fingerprint density at radius 1 is 1.19 bits per heavy atom. The van der Waals surface area contributed by atoms with Crippen LogP contribution in [0.2, 0.25) is 15.1 Å². The van der Waals surface area contributed by atoms with Gasteiger partial charge in [-0.15, -0.1) is 6.42 Å². The van der Waals surface area contributed by atoms with Crippen LogP contribution in [0.3, 0.4) is 0 Å². The molecule has 1 N–H and O–H groups in total. The van der Waals surface area contributed by atoms with E-state index in [9.17, 15) is 10.1 Å². The van der Waals surface area contributed by atoms with Crippen LogP contribution in [-0.4, -0.2) is 12.5 Å². The van der Waals surface area contributed by atoms with Crippen molar-refractivity contribution in [3.05, 3.63) is 62.6 Å². The minimum Gasteiger partial charge on any atom is -0.479 e. The quantitative estimate of drug-likeness (QED) is 0.422. The number of benzene rings is 2. The summed E-state index contributed by atoms with van der Waals surface area (Å²) in [4.78, 5) is 12.4. The Kier molecular flexibility index (Phi) is 6.95. The van der Waals surface area contributed by atoms with Crippen molar-refractivity contribution >= 4 is 52.5 Å². The molecule has 0 saturated heterocycles. The van der Waals surface area contributed by atoms with E-state index < -0.39 is 5.91 Å². The van der Waals surface area contributed by atoms with Crippen molar-refractivity contribution < 1.29 is 9.53 Å². The molecule has 1 amide bonds. The summed E-state index contributed by atoms with van der Waals surface area (Å²) in [6.07, 6.45) is 6.52. The Balaban J connectivity index is 2.36. The van der Waals surface area contributed by atoms with Crippen LogP contribution in [-0.2, 0) is 4.79 Å². The van der Waals surface area contributed by atoms with Crippen molar-refractivity contribution in [3.8, 4) is 24.2 Å². The van der Waals surface area contributed by atoms with Crippen LogP contribution in [0, 0.1) is 23.7 Å². The van der Waals surface area contributed by atoms with Crippen LogP contribution >= 0.6 is 34.8 Å². The SMILES string of the molecule is C#CCOc1c(Cl)cc(Cl)cc1/C=C(\C#N)C(=O)Nc1ccc(Cl)cc1. The minimum absolute atomic E-state index is 0.0267. The lowest BCUT2D eigenvalue weighted by Crippen LogP contribution is -2.13. The van der Waals surface area contributed by atoms with Gasteiger partial charge in [0.05, 0.1) is 5.02 Å². The molecular formula is C19H11Cl3N2O2. The zero-order chi connectivity index (χ0) is 19.1. The van der Waals surface area contributed by atoms with Gasteiger partial charge in [0, 0.05) is 21.3 Å². The highest BCUT2D eigenvalue weighted by Gasteiger charge is 2.14. The van der Waals surface area contributed by atoms with Gasteiger partial charge in [-0.05, 0) is 42.5 Å². The van der Waals surface area contributed by atoms with Gasteiger partial charge in [-0.1, -0.05) is 40.7 Å². The van der Waals surface area contributed by atoms with Gasteiger partial charge in [-0.2, -0.15) is 5.26 Å². The van der Waals surface area contributed by atoms with E-state index in [-0.39, 0.29) is 23.0 Å². The Hall–Kier alpha value is -2.63. The molecule has 2 rings (SSSR count). The zero-order valence-electron chi connectivity index (χ0n) is 13.2. The number of hydrogen-bond donors (Lipinski definition) is 1. The number of hydrogen-bond acceptors (Lipinski definition) is 3. The van der Waals surface area contributed by atoms with E-state index in [4.69, 9.17) is 46.0 Å². The number of amides is 1. The van der Waals surface area contributed by atoms with E-state index in [0.29, 0.717) is 21.3 Å². The van der Waals surface area contributed by atoms with E-state index >= 15 is 0 Å². The standard InChI is InChI=1S/C19H11Cl3N2O2/c1-2-7-26-18-12(9-15(21)10-17(18)22)8-13(11-23)19(25)24-16-5-3-14(20)4-6-16/h1,3-6,8-10H,7H2,(H,24,25)/b13-8+. The molecular weight excluding hydrogens is 395 g/mol. The predicted molar refractivity (Wildman–Crippen MR) is 104 cm³/mol. The van der Waals surface area contributed by atoms with Crippen molar-refractivity contribution in [2.24, 2.45) is 0 Å². The molecule has 2 aromatic rings. The molecule has 0 fully saturated rings. The summed E-state index contributed by atoms with van der Waals surface area (Å²) in [5.41, 5.74) is 0.692. The van der Waals surface area contributed by atoms with Gasteiger partial charge in [0.25, 0.3) is 5.91 Å². The Morgan fingerprint density at radius 2 is 1.88 bits per heavy atom. The number of rotatable bonds is 5. The minimum atomic E-state index is -0.603. The summed E-state index contributed by atoms with van der Waals surface area (Å²) in [7, 11) is 0. The summed E-state index contributed by atoms with van der Waals surface area (Å²) in [6, 6.07) is 11.3. The summed E-state index contributed by atoms with van der Waals surface area (Å²) >= 11 is 17.9. The maximum Gasteiger partial charge on any atom is 0.266 e. The van der Waals surface area contributed by atoms with Crippen molar-refractivity contribution in [1.82, 2.24) is 0 Å². The van der Waals surface area contributed by atoms with Crippen molar-refractivity contribution in [2.75, 3.05) is 11.9 Å². The maximum absolute atomic E-state index is 12.4. The molecule has 0 heterocycles. The molecule has 4 nitrogen and oxygen atoms in total. The molecule has 0 aliphatic rings. The fourth-order valence-corrected chi connectivity index (χ4v) is 2.68. The molecule has 0 saturated carbocycles. The fraction of sp³-hybridized carbons (Fsp3) is 0.0526. The number of anilines is 1. The van der Waals surface area contributed by atoms with Crippen LogP contribution in [0.5, 0.6) is 5.75 Å². The molecule has 26 heavy (non-hydrogen) atoms. The highest BCUT2D eigenvalue weighted by Crippen LogP contribution is 2.34. The second-order valence-electron chi connectivity index (χ2n) is 4.93. The van der Waals surface area contributed by atoms with Crippen molar-refractivity contribution in [3.63, 3.8) is 0 Å². The second kappa shape index (κ2) is 9.17. The summed E-state index contributed by atoms with van der Waals surface area (Å²) < 4.78 is 5.40. The van der Waals surface area contributed by atoms with Crippen LogP contribution < -0.4 is 10.1 Å². The van der Waals surface area contributed by atoms with Crippen molar-refractivity contribution in [2.45, 2.75) is 0 Å². The van der Waals surface area contributed by atoms with Gasteiger partial charge in [-0.25, -0.2) is 0 Å². The van der Waals surface area contributed by atoms with E-state index in [1.807, 2.05) is 6.07 Å². The molecule has 0 spiro atoms. The Bertz CT molecular complexity index is 939. The largest absolute Gasteiger partial charge is 0.479 e. The van der Waals surface area contributed by atoms with Gasteiger partial charge in [-0.3, -0.25) is 4.79 Å². The predicted octanol–water partition coefficient (Wildman–Crippen LogP) is 5.20. The Morgan fingerprint density at radius 3 is 2.50 bits per heavy atom. The average Bonchev–Trinajstić information content (AvgIpc) is 2.60. The van der Waals surface area contributed by atoms with Gasteiger partial charge < -0.3 is 10.1 Å². The summed E-state index contributed by atoms with van der Waals surface area (Å²) in [5, 5.41) is 13.0. The van der Waals surface area contributed by atoms with Crippen LogP contribution in [0.1, 0.15) is 5.56 Å². The number of terminal acetylenes is 1. The van der Waals surface area contributed by atoms with Crippen LogP contribution in [0.15, 0.2) is 42.0 Å². The highest BCUT2D eigenvalue weighted by atomic mass is 35.5. The molecule has 0 radical (unpaired) electrons. The molecule has 2 aromatic carbocycles. The number of nitrogens with zero attached hydrogens (tertiary/aromatic N) is 1. The summed E-state index contributed by atoms with van der Waals surface area (Å²) in [5.74, 6) is 1.96. The monoisotopic (exact) mass is 404 g/mol. The first-order valence-electron chi connectivity index (χ1n) is 7.18. The first kappa shape index (κ1) is 19.7. The molecule has 0 aliphatic carbocycles. The zero-order valence-corrected chi connectivity index (χ0v) is 15.5. The summed E-state index contributed by atoms with van der Waals surface area (Å²) in [6.45, 7) is -0.0267. The van der Waals surface area contributed by atoms with Crippen LogP contribution in [0.4, 0.5) is 5.69 Å². The number of nitrogens with one attached hydrogen (secondary N) is 1. The van der Waals surface area contributed by atoms with Gasteiger partial charge in [0.1, 0.15) is 24.0 Å². The van der Waals surface area contributed by atoms with E-state index in [0.717, 1.165) is 0 Å².